The van der Waals surface area contributed by atoms with Gasteiger partial charge in [-0.25, -0.2) is 4.79 Å². The van der Waals surface area contributed by atoms with E-state index >= 15 is 0 Å². The van der Waals surface area contributed by atoms with Crippen molar-refractivity contribution in [2.24, 2.45) is 0 Å². The van der Waals surface area contributed by atoms with Crippen LogP contribution in [-0.4, -0.2) is 11.1 Å². The van der Waals surface area contributed by atoms with Crippen molar-refractivity contribution >= 4 is 5.97 Å². The van der Waals surface area contributed by atoms with Crippen LogP contribution in [0.1, 0.15) is 36.9 Å². The maximum absolute atomic E-state index is 10.7. The van der Waals surface area contributed by atoms with Crippen molar-refractivity contribution in [3.05, 3.63) is 47.7 Å². The van der Waals surface area contributed by atoms with Crippen molar-refractivity contribution in [3.8, 4) is 11.7 Å². The first kappa shape index (κ1) is 13.2. The van der Waals surface area contributed by atoms with Crippen molar-refractivity contribution in [2.45, 2.75) is 26.2 Å². The van der Waals surface area contributed by atoms with E-state index in [9.17, 15) is 4.79 Å². The van der Waals surface area contributed by atoms with Crippen LogP contribution in [0.5, 0.6) is 11.7 Å². The minimum Gasteiger partial charge on any atom is -0.475 e. The molecule has 4 nitrogen and oxygen atoms in total. The number of hydrogen-bond acceptors (Lipinski definition) is 3. The van der Waals surface area contributed by atoms with Gasteiger partial charge in [0.1, 0.15) is 5.75 Å². The molecule has 0 atom stereocenters. The lowest BCUT2D eigenvalue weighted by Gasteiger charge is -2.19. The van der Waals surface area contributed by atoms with E-state index in [1.165, 1.54) is 12.1 Å². The summed E-state index contributed by atoms with van der Waals surface area (Å²) in [7, 11) is 0. The smallest absolute Gasteiger partial charge is 0.371 e. The molecule has 0 amide bonds. The van der Waals surface area contributed by atoms with Crippen LogP contribution in [0.25, 0.3) is 0 Å². The molecule has 0 saturated heterocycles. The fourth-order valence-corrected chi connectivity index (χ4v) is 1.63. The van der Waals surface area contributed by atoms with Gasteiger partial charge in [-0.2, -0.15) is 0 Å². The van der Waals surface area contributed by atoms with Gasteiger partial charge in [0.15, 0.2) is 0 Å². The van der Waals surface area contributed by atoms with E-state index in [1.807, 2.05) is 18.2 Å². The molecule has 0 spiro atoms. The zero-order valence-electron chi connectivity index (χ0n) is 11.1. The van der Waals surface area contributed by atoms with E-state index in [4.69, 9.17) is 14.3 Å². The normalized spacial score (nSPS) is 11.3. The summed E-state index contributed by atoms with van der Waals surface area (Å²) in [6.45, 7) is 6.34. The van der Waals surface area contributed by atoms with E-state index in [0.29, 0.717) is 5.75 Å². The molecule has 2 rings (SSSR count). The summed E-state index contributed by atoms with van der Waals surface area (Å²) in [4.78, 5) is 10.7. The van der Waals surface area contributed by atoms with E-state index in [-0.39, 0.29) is 17.1 Å². The molecule has 1 aromatic carbocycles. The van der Waals surface area contributed by atoms with Crippen LogP contribution in [0.2, 0.25) is 0 Å². The molecule has 0 unspecified atom stereocenters. The maximum atomic E-state index is 10.7. The Labute approximate surface area is 111 Å². The highest BCUT2D eigenvalue weighted by atomic mass is 16.6. The molecule has 1 heterocycles. The Bertz CT molecular complexity index is 590. The SMILES string of the molecule is CC(C)(C)c1cccc(Oc2ccc(C(=O)O)o2)c1. The quantitative estimate of drug-likeness (QED) is 0.903. The van der Waals surface area contributed by atoms with E-state index in [0.717, 1.165) is 5.56 Å². The fraction of sp³-hybridized carbons (Fsp3) is 0.267. The molecule has 19 heavy (non-hydrogen) atoms. The first-order chi connectivity index (χ1) is 8.86. The standard InChI is InChI=1S/C15H16O4/c1-15(2,3)10-5-4-6-11(9-10)18-13-8-7-12(19-13)14(16)17/h4-9H,1-3H3,(H,16,17). The lowest BCUT2D eigenvalue weighted by atomic mass is 9.87. The predicted octanol–water partition coefficient (Wildman–Crippen LogP) is 4.07. The van der Waals surface area contributed by atoms with Gasteiger partial charge in [0, 0.05) is 6.07 Å². The Balaban J connectivity index is 2.21. The molecule has 4 heteroatoms. The summed E-state index contributed by atoms with van der Waals surface area (Å²) in [5.41, 5.74) is 1.16. The second kappa shape index (κ2) is 4.80. The number of hydrogen-bond donors (Lipinski definition) is 1. The monoisotopic (exact) mass is 260 g/mol. The summed E-state index contributed by atoms with van der Waals surface area (Å²) in [5.74, 6) is -0.456. The topological polar surface area (TPSA) is 59.7 Å². The Kier molecular flexibility index (Phi) is 3.34. The Hall–Kier alpha value is -2.23. The lowest BCUT2D eigenvalue weighted by Crippen LogP contribution is -2.10. The van der Waals surface area contributed by atoms with Gasteiger partial charge in [0.25, 0.3) is 5.95 Å². The molecule has 0 bridgehead atoms. The Morgan fingerprint density at radius 3 is 2.53 bits per heavy atom. The largest absolute Gasteiger partial charge is 0.475 e. The van der Waals surface area contributed by atoms with E-state index in [2.05, 4.69) is 20.8 Å². The second-order valence-electron chi connectivity index (χ2n) is 5.30. The van der Waals surface area contributed by atoms with Gasteiger partial charge in [-0.3, -0.25) is 0 Å². The van der Waals surface area contributed by atoms with Crippen molar-refractivity contribution in [1.82, 2.24) is 0 Å². The van der Waals surface area contributed by atoms with Gasteiger partial charge in [-0.1, -0.05) is 32.9 Å². The van der Waals surface area contributed by atoms with Gasteiger partial charge in [-0.05, 0) is 29.2 Å². The van der Waals surface area contributed by atoms with Crippen LogP contribution in [0.3, 0.4) is 0 Å². The minimum absolute atomic E-state index is 0.0226. The van der Waals surface area contributed by atoms with Crippen molar-refractivity contribution in [1.29, 1.82) is 0 Å². The first-order valence-electron chi connectivity index (χ1n) is 5.98. The van der Waals surface area contributed by atoms with Crippen LogP contribution in [0.4, 0.5) is 0 Å². The predicted molar refractivity (Wildman–Crippen MR) is 70.9 cm³/mol. The highest BCUT2D eigenvalue weighted by Crippen LogP contribution is 2.29. The number of ether oxygens (including phenoxy) is 1. The average molecular weight is 260 g/mol. The van der Waals surface area contributed by atoms with Gasteiger partial charge in [0.2, 0.25) is 5.76 Å². The number of benzene rings is 1. The molecule has 0 saturated carbocycles. The molecule has 100 valence electrons. The average Bonchev–Trinajstić information content (AvgIpc) is 2.77. The van der Waals surface area contributed by atoms with Crippen molar-refractivity contribution < 1.29 is 19.1 Å². The van der Waals surface area contributed by atoms with Crippen LogP contribution in [0, 0.1) is 0 Å². The van der Waals surface area contributed by atoms with Crippen LogP contribution >= 0.6 is 0 Å². The molecule has 0 radical (unpaired) electrons. The Morgan fingerprint density at radius 1 is 1.21 bits per heavy atom. The highest BCUT2D eigenvalue weighted by molar-refractivity contribution is 5.84. The number of furan rings is 1. The summed E-state index contributed by atoms with van der Waals surface area (Å²) in [6, 6.07) is 10.5. The molecular weight excluding hydrogens is 244 g/mol. The number of carbonyl (C=O) groups is 1. The van der Waals surface area contributed by atoms with Gasteiger partial charge in [-0.15, -0.1) is 0 Å². The zero-order valence-corrected chi connectivity index (χ0v) is 11.1. The highest BCUT2D eigenvalue weighted by Gasteiger charge is 2.15. The summed E-state index contributed by atoms with van der Waals surface area (Å²) in [5, 5.41) is 8.77. The van der Waals surface area contributed by atoms with E-state index < -0.39 is 5.97 Å². The summed E-state index contributed by atoms with van der Waals surface area (Å²) in [6.07, 6.45) is 0. The fourth-order valence-electron chi connectivity index (χ4n) is 1.63. The number of rotatable bonds is 3. The van der Waals surface area contributed by atoms with Crippen molar-refractivity contribution in [3.63, 3.8) is 0 Å². The number of carboxylic acid groups (broad SMARTS) is 1. The summed E-state index contributed by atoms with van der Waals surface area (Å²) < 4.78 is 10.6. The minimum atomic E-state index is -1.11. The molecule has 2 aromatic rings. The van der Waals surface area contributed by atoms with Crippen molar-refractivity contribution in [2.75, 3.05) is 0 Å². The van der Waals surface area contributed by atoms with Crippen LogP contribution in [0.15, 0.2) is 40.8 Å². The first-order valence-corrected chi connectivity index (χ1v) is 5.98. The Morgan fingerprint density at radius 2 is 1.95 bits per heavy atom. The van der Waals surface area contributed by atoms with Gasteiger partial charge in [0.05, 0.1) is 0 Å². The molecule has 0 aliphatic rings. The molecule has 1 N–H and O–H groups in total. The maximum Gasteiger partial charge on any atom is 0.371 e. The zero-order chi connectivity index (χ0) is 14.0. The molecule has 0 aliphatic heterocycles. The van der Waals surface area contributed by atoms with Gasteiger partial charge >= 0.3 is 5.97 Å². The van der Waals surface area contributed by atoms with E-state index in [1.54, 1.807) is 6.07 Å². The third kappa shape index (κ3) is 3.16. The molecular formula is C15H16O4. The third-order valence-electron chi connectivity index (χ3n) is 2.71. The number of carboxylic acids is 1. The number of aromatic carboxylic acids is 1. The molecule has 0 aliphatic carbocycles. The molecule has 0 fully saturated rings. The van der Waals surface area contributed by atoms with Crippen LogP contribution < -0.4 is 4.74 Å². The third-order valence-corrected chi connectivity index (χ3v) is 2.71. The van der Waals surface area contributed by atoms with Gasteiger partial charge < -0.3 is 14.3 Å². The van der Waals surface area contributed by atoms with Crippen LogP contribution in [-0.2, 0) is 5.41 Å². The molecule has 1 aromatic heterocycles. The lowest BCUT2D eigenvalue weighted by molar-refractivity contribution is 0.0657. The second-order valence-corrected chi connectivity index (χ2v) is 5.30. The summed E-state index contributed by atoms with van der Waals surface area (Å²) >= 11 is 0.